The Kier molecular flexibility index (Phi) is 6.32. The van der Waals surface area contributed by atoms with Crippen LogP contribution in [0.3, 0.4) is 0 Å². The van der Waals surface area contributed by atoms with Crippen LogP contribution in [-0.2, 0) is 12.8 Å². The first kappa shape index (κ1) is 20.4. The number of carbonyl (C=O) groups excluding carboxylic acids is 1. The van der Waals surface area contributed by atoms with Crippen LogP contribution in [0.2, 0.25) is 10.0 Å². The molecule has 0 N–H and O–H groups in total. The lowest BCUT2D eigenvalue weighted by Crippen LogP contribution is -2.02. The summed E-state index contributed by atoms with van der Waals surface area (Å²) in [7, 11) is 0. The highest BCUT2D eigenvalue weighted by Crippen LogP contribution is 2.21. The molecule has 0 aromatic heterocycles. The van der Waals surface area contributed by atoms with Crippen LogP contribution in [0, 0.1) is 0 Å². The van der Waals surface area contributed by atoms with Gasteiger partial charge in [0.15, 0.2) is 5.78 Å². The third kappa shape index (κ3) is 4.81. The smallest absolute Gasteiger partial charge is 0.193 e. The lowest BCUT2D eigenvalue weighted by molar-refractivity contribution is 0.103. The Morgan fingerprint density at radius 1 is 0.533 bits per heavy atom. The molecule has 0 aliphatic heterocycles. The van der Waals surface area contributed by atoms with Gasteiger partial charge in [0.05, 0.1) is 0 Å². The molecule has 148 valence electrons. The van der Waals surface area contributed by atoms with Gasteiger partial charge in [0.25, 0.3) is 0 Å². The van der Waals surface area contributed by atoms with Gasteiger partial charge in [-0.25, -0.2) is 0 Å². The predicted octanol–water partition coefficient (Wildman–Crippen LogP) is 7.41. The summed E-state index contributed by atoms with van der Waals surface area (Å²) < 4.78 is 0. The first-order valence-electron chi connectivity index (χ1n) is 9.79. The lowest BCUT2D eigenvalue weighted by atomic mass is 9.97. The molecule has 4 rings (SSSR count). The van der Waals surface area contributed by atoms with E-state index in [2.05, 4.69) is 0 Å². The zero-order chi connectivity index (χ0) is 20.9. The van der Waals surface area contributed by atoms with Crippen LogP contribution in [0.4, 0.5) is 0 Å². The molecule has 0 spiro atoms. The fourth-order valence-electron chi connectivity index (χ4n) is 3.44. The standard InChI is InChI=1S/C27H20Cl2O/c28-25-7-3-1-5-23(25)17-19-9-13-21(14-10-19)27(30)22-15-11-20(12-16-22)18-24-6-2-4-8-26(24)29/h1-16H,17-18H2. The molecule has 0 heterocycles. The highest BCUT2D eigenvalue weighted by molar-refractivity contribution is 6.31. The minimum atomic E-state index is 0.0172. The zero-order valence-electron chi connectivity index (χ0n) is 16.3. The Morgan fingerprint density at radius 3 is 1.27 bits per heavy atom. The van der Waals surface area contributed by atoms with Gasteiger partial charge in [-0.3, -0.25) is 4.79 Å². The average molecular weight is 431 g/mol. The molecule has 4 aromatic carbocycles. The molecule has 0 radical (unpaired) electrons. The Morgan fingerprint density at radius 2 is 0.900 bits per heavy atom. The molecule has 1 nitrogen and oxygen atoms in total. The van der Waals surface area contributed by atoms with Crippen LogP contribution in [0.1, 0.15) is 38.2 Å². The van der Waals surface area contributed by atoms with E-state index in [-0.39, 0.29) is 5.78 Å². The van der Waals surface area contributed by atoms with E-state index in [1.54, 1.807) is 0 Å². The number of rotatable bonds is 6. The van der Waals surface area contributed by atoms with E-state index >= 15 is 0 Å². The molecule has 0 aliphatic rings. The van der Waals surface area contributed by atoms with Crippen LogP contribution in [-0.4, -0.2) is 5.78 Å². The van der Waals surface area contributed by atoms with Crippen molar-refractivity contribution in [2.24, 2.45) is 0 Å². The van der Waals surface area contributed by atoms with Gasteiger partial charge in [-0.1, -0.05) is 108 Å². The lowest BCUT2D eigenvalue weighted by Gasteiger charge is -2.07. The molecule has 0 unspecified atom stereocenters. The largest absolute Gasteiger partial charge is 0.289 e. The molecular weight excluding hydrogens is 411 g/mol. The van der Waals surface area contributed by atoms with Crippen LogP contribution in [0.25, 0.3) is 0 Å². The fourth-order valence-corrected chi connectivity index (χ4v) is 3.84. The van der Waals surface area contributed by atoms with Crippen LogP contribution >= 0.6 is 23.2 Å². The Bertz CT molecular complexity index is 1070. The third-order valence-electron chi connectivity index (χ3n) is 5.14. The van der Waals surface area contributed by atoms with Crippen LogP contribution < -0.4 is 0 Å². The number of benzene rings is 4. The van der Waals surface area contributed by atoms with E-state index in [4.69, 9.17) is 23.2 Å². The summed E-state index contributed by atoms with van der Waals surface area (Å²) in [5.41, 5.74) is 5.75. The van der Waals surface area contributed by atoms with Gasteiger partial charge in [0, 0.05) is 21.2 Å². The van der Waals surface area contributed by atoms with Gasteiger partial charge < -0.3 is 0 Å². The van der Waals surface area contributed by atoms with E-state index in [1.807, 2.05) is 97.1 Å². The average Bonchev–Trinajstić information content (AvgIpc) is 2.77. The third-order valence-corrected chi connectivity index (χ3v) is 5.87. The Labute approximate surface area is 186 Å². The van der Waals surface area contributed by atoms with E-state index in [0.717, 1.165) is 45.1 Å². The number of halogens is 2. The van der Waals surface area contributed by atoms with Crippen molar-refractivity contribution in [1.82, 2.24) is 0 Å². The molecule has 0 saturated heterocycles. The second-order valence-corrected chi connectivity index (χ2v) is 8.07. The normalized spacial score (nSPS) is 10.7. The van der Waals surface area contributed by atoms with Crippen molar-refractivity contribution < 1.29 is 4.79 Å². The summed E-state index contributed by atoms with van der Waals surface area (Å²) in [4.78, 5) is 12.9. The summed E-state index contributed by atoms with van der Waals surface area (Å²) in [6.45, 7) is 0. The maximum atomic E-state index is 12.9. The van der Waals surface area contributed by atoms with Crippen molar-refractivity contribution in [1.29, 1.82) is 0 Å². The molecule has 0 atom stereocenters. The number of ketones is 1. The van der Waals surface area contributed by atoms with E-state index < -0.39 is 0 Å². The highest BCUT2D eigenvalue weighted by Gasteiger charge is 2.10. The van der Waals surface area contributed by atoms with Crippen LogP contribution in [0.15, 0.2) is 97.1 Å². The fraction of sp³-hybridized carbons (Fsp3) is 0.0741. The number of carbonyl (C=O) groups is 1. The molecule has 0 fully saturated rings. The second kappa shape index (κ2) is 9.30. The molecule has 30 heavy (non-hydrogen) atoms. The zero-order valence-corrected chi connectivity index (χ0v) is 17.8. The van der Waals surface area contributed by atoms with Crippen molar-refractivity contribution in [3.63, 3.8) is 0 Å². The molecule has 3 heteroatoms. The maximum Gasteiger partial charge on any atom is 0.193 e. The molecular formula is C27H20Cl2O. The van der Waals surface area contributed by atoms with Crippen molar-refractivity contribution in [3.8, 4) is 0 Å². The summed E-state index contributed by atoms with van der Waals surface area (Å²) in [5, 5.41) is 1.52. The molecule has 0 amide bonds. The van der Waals surface area contributed by atoms with Gasteiger partial charge in [-0.05, 0) is 47.2 Å². The number of hydrogen-bond acceptors (Lipinski definition) is 1. The van der Waals surface area contributed by atoms with Gasteiger partial charge in [-0.15, -0.1) is 0 Å². The topological polar surface area (TPSA) is 17.1 Å². The van der Waals surface area contributed by atoms with E-state index in [0.29, 0.717) is 11.1 Å². The number of hydrogen-bond donors (Lipinski definition) is 0. The Hall–Kier alpha value is -2.87. The summed E-state index contributed by atoms with van der Waals surface area (Å²) in [5.74, 6) is 0.0172. The van der Waals surface area contributed by atoms with Gasteiger partial charge >= 0.3 is 0 Å². The monoisotopic (exact) mass is 430 g/mol. The second-order valence-electron chi connectivity index (χ2n) is 7.26. The van der Waals surface area contributed by atoms with Gasteiger partial charge in [0.2, 0.25) is 0 Å². The first-order valence-corrected chi connectivity index (χ1v) is 10.5. The van der Waals surface area contributed by atoms with Crippen molar-refractivity contribution in [2.75, 3.05) is 0 Å². The van der Waals surface area contributed by atoms with E-state index in [1.165, 1.54) is 0 Å². The SMILES string of the molecule is O=C(c1ccc(Cc2ccccc2Cl)cc1)c1ccc(Cc2ccccc2Cl)cc1. The minimum absolute atomic E-state index is 0.0172. The summed E-state index contributed by atoms with van der Waals surface area (Å²) in [6.07, 6.45) is 1.48. The molecule has 4 aromatic rings. The molecule has 0 aliphatic carbocycles. The van der Waals surface area contributed by atoms with Gasteiger partial charge in [-0.2, -0.15) is 0 Å². The summed E-state index contributed by atoms with van der Waals surface area (Å²) >= 11 is 12.5. The van der Waals surface area contributed by atoms with Crippen molar-refractivity contribution >= 4 is 29.0 Å². The van der Waals surface area contributed by atoms with Crippen molar-refractivity contribution in [3.05, 3.63) is 140 Å². The highest BCUT2D eigenvalue weighted by atomic mass is 35.5. The molecule has 0 saturated carbocycles. The maximum absolute atomic E-state index is 12.9. The molecule has 0 bridgehead atoms. The minimum Gasteiger partial charge on any atom is -0.289 e. The quantitative estimate of drug-likeness (QED) is 0.291. The first-order chi connectivity index (χ1) is 14.6. The van der Waals surface area contributed by atoms with E-state index in [9.17, 15) is 4.79 Å². The van der Waals surface area contributed by atoms with Crippen LogP contribution in [0.5, 0.6) is 0 Å². The Balaban J connectivity index is 1.45. The van der Waals surface area contributed by atoms with Gasteiger partial charge in [0.1, 0.15) is 0 Å². The summed E-state index contributed by atoms with van der Waals surface area (Å²) in [6, 6.07) is 31.1. The van der Waals surface area contributed by atoms with Crippen molar-refractivity contribution in [2.45, 2.75) is 12.8 Å². The predicted molar refractivity (Wildman–Crippen MR) is 125 cm³/mol.